The number of nitrogens with one attached hydrogen (secondary N) is 1. The smallest absolute Gasteiger partial charge is 0.171 e. The van der Waals surface area contributed by atoms with Crippen molar-refractivity contribution in [2.45, 2.75) is 20.8 Å². The van der Waals surface area contributed by atoms with Gasteiger partial charge in [-0.15, -0.1) is 0 Å². The van der Waals surface area contributed by atoms with Crippen LogP contribution in [0.25, 0.3) is 33.7 Å². The molecule has 1 aromatic carbocycles. The molecule has 136 valence electrons. The van der Waals surface area contributed by atoms with Gasteiger partial charge in [-0.05, 0) is 11.6 Å². The Labute approximate surface area is 157 Å². The van der Waals surface area contributed by atoms with Gasteiger partial charge < -0.3 is 4.98 Å². The number of carbonyl (C=O) groups is 1. The number of aromatic amines is 1. The van der Waals surface area contributed by atoms with E-state index in [0.29, 0.717) is 16.7 Å². The fraction of sp³-hybridized carbons (Fsp3) is 0.238. The predicted molar refractivity (Wildman–Crippen MR) is 105 cm³/mol. The molecule has 27 heavy (non-hydrogen) atoms. The van der Waals surface area contributed by atoms with Crippen molar-refractivity contribution in [2.24, 2.45) is 12.5 Å². The van der Waals surface area contributed by atoms with Crippen LogP contribution in [0.4, 0.5) is 0 Å². The molecule has 0 aliphatic carbocycles. The molecule has 0 fully saturated rings. The zero-order valence-electron chi connectivity index (χ0n) is 15.8. The number of fused-ring (bicyclic) bond motifs is 1. The summed E-state index contributed by atoms with van der Waals surface area (Å²) in [5.41, 5.74) is 5.16. The zero-order chi connectivity index (χ0) is 19.2. The summed E-state index contributed by atoms with van der Waals surface area (Å²) < 4.78 is 1.84. The molecule has 4 rings (SSSR count). The van der Waals surface area contributed by atoms with Crippen LogP contribution in [0.3, 0.4) is 0 Å². The second-order valence-electron chi connectivity index (χ2n) is 7.65. The van der Waals surface area contributed by atoms with Gasteiger partial charge in [-0.3, -0.25) is 9.48 Å². The largest absolute Gasteiger partial charge is 0.344 e. The Bertz CT molecular complexity index is 1130. The molecule has 4 aromatic rings. The number of aryl methyl sites for hydroxylation is 1. The van der Waals surface area contributed by atoms with Gasteiger partial charge in [0.05, 0.1) is 23.1 Å². The minimum Gasteiger partial charge on any atom is -0.344 e. The molecule has 3 heterocycles. The highest BCUT2D eigenvalue weighted by Gasteiger charge is 2.26. The molecule has 0 unspecified atom stereocenters. The highest BCUT2D eigenvalue weighted by atomic mass is 16.1. The molecule has 6 heteroatoms. The van der Waals surface area contributed by atoms with E-state index in [1.54, 1.807) is 18.6 Å². The summed E-state index contributed by atoms with van der Waals surface area (Å²) in [6, 6.07) is 10.1. The van der Waals surface area contributed by atoms with Gasteiger partial charge in [-0.1, -0.05) is 45.0 Å². The molecule has 0 aliphatic rings. The van der Waals surface area contributed by atoms with Crippen LogP contribution < -0.4 is 0 Å². The number of ketones is 1. The molecule has 6 nitrogen and oxygen atoms in total. The Morgan fingerprint density at radius 1 is 1.07 bits per heavy atom. The lowest BCUT2D eigenvalue weighted by Gasteiger charge is -2.15. The van der Waals surface area contributed by atoms with E-state index >= 15 is 0 Å². The van der Waals surface area contributed by atoms with E-state index < -0.39 is 5.41 Å². The van der Waals surface area contributed by atoms with Gasteiger partial charge in [0, 0.05) is 30.4 Å². The van der Waals surface area contributed by atoms with Crippen LogP contribution in [0.2, 0.25) is 0 Å². The Morgan fingerprint density at radius 3 is 2.41 bits per heavy atom. The second kappa shape index (κ2) is 6.16. The van der Waals surface area contributed by atoms with Gasteiger partial charge in [-0.25, -0.2) is 9.97 Å². The average Bonchev–Trinajstić information content (AvgIpc) is 3.26. The topological polar surface area (TPSA) is 76.5 Å². The quantitative estimate of drug-likeness (QED) is 0.555. The van der Waals surface area contributed by atoms with Gasteiger partial charge in [0.2, 0.25) is 0 Å². The predicted octanol–water partition coefficient (Wildman–Crippen LogP) is 4.25. The average molecular weight is 359 g/mol. The summed E-state index contributed by atoms with van der Waals surface area (Å²) in [4.78, 5) is 24.9. The Balaban J connectivity index is 1.74. The SMILES string of the molecule is Cn1nccc1-c1ccc(-c2cnc3[nH]cc(C(=O)C(C)(C)C)c3n2)cc1. The molecule has 0 amide bonds. The second-order valence-corrected chi connectivity index (χ2v) is 7.65. The Kier molecular flexibility index (Phi) is 3.91. The molecule has 0 aliphatic heterocycles. The van der Waals surface area contributed by atoms with Crippen LogP contribution in [-0.4, -0.2) is 30.5 Å². The first-order valence-corrected chi connectivity index (χ1v) is 8.82. The van der Waals surface area contributed by atoms with Crippen molar-refractivity contribution in [3.8, 4) is 22.5 Å². The van der Waals surface area contributed by atoms with Crippen LogP contribution in [0.5, 0.6) is 0 Å². The van der Waals surface area contributed by atoms with Crippen molar-refractivity contribution in [3.63, 3.8) is 0 Å². The number of H-pyrrole nitrogens is 1. The van der Waals surface area contributed by atoms with Crippen molar-refractivity contribution in [1.82, 2.24) is 24.7 Å². The number of nitrogens with zero attached hydrogens (tertiary/aromatic N) is 4. The number of carbonyl (C=O) groups excluding carboxylic acids is 1. The van der Waals surface area contributed by atoms with Crippen LogP contribution in [0, 0.1) is 5.41 Å². The molecule has 0 radical (unpaired) electrons. The third-order valence-corrected chi connectivity index (χ3v) is 4.60. The molecular weight excluding hydrogens is 338 g/mol. The number of hydrogen-bond acceptors (Lipinski definition) is 4. The molecule has 0 bridgehead atoms. The van der Waals surface area contributed by atoms with E-state index in [1.165, 1.54) is 0 Å². The first-order valence-electron chi connectivity index (χ1n) is 8.82. The fourth-order valence-corrected chi connectivity index (χ4v) is 3.08. The van der Waals surface area contributed by atoms with Gasteiger partial charge in [0.25, 0.3) is 0 Å². The van der Waals surface area contributed by atoms with Crippen LogP contribution in [0.1, 0.15) is 31.1 Å². The third kappa shape index (κ3) is 3.03. The number of hydrogen-bond donors (Lipinski definition) is 1. The van der Waals surface area contributed by atoms with Crippen molar-refractivity contribution in [1.29, 1.82) is 0 Å². The minimum absolute atomic E-state index is 0.0479. The summed E-state index contributed by atoms with van der Waals surface area (Å²) >= 11 is 0. The van der Waals surface area contributed by atoms with Crippen LogP contribution in [-0.2, 0) is 7.05 Å². The maximum Gasteiger partial charge on any atom is 0.171 e. The lowest BCUT2D eigenvalue weighted by Crippen LogP contribution is -2.20. The van der Waals surface area contributed by atoms with E-state index in [4.69, 9.17) is 4.98 Å². The molecule has 0 spiro atoms. The monoisotopic (exact) mass is 359 g/mol. The molecular formula is C21H21N5O. The lowest BCUT2D eigenvalue weighted by molar-refractivity contribution is 0.0860. The summed E-state index contributed by atoms with van der Waals surface area (Å²) in [6.07, 6.45) is 5.21. The van der Waals surface area contributed by atoms with Crippen molar-refractivity contribution >= 4 is 16.9 Å². The third-order valence-electron chi connectivity index (χ3n) is 4.60. The van der Waals surface area contributed by atoms with E-state index in [0.717, 1.165) is 22.5 Å². The van der Waals surface area contributed by atoms with E-state index in [9.17, 15) is 4.79 Å². The van der Waals surface area contributed by atoms with Crippen molar-refractivity contribution < 1.29 is 4.79 Å². The van der Waals surface area contributed by atoms with Gasteiger partial charge in [0.15, 0.2) is 11.4 Å². The summed E-state index contributed by atoms with van der Waals surface area (Å²) in [5, 5.41) is 4.21. The summed E-state index contributed by atoms with van der Waals surface area (Å²) in [7, 11) is 1.92. The lowest BCUT2D eigenvalue weighted by atomic mass is 9.87. The normalized spacial score (nSPS) is 11.9. The maximum absolute atomic E-state index is 12.7. The highest BCUT2D eigenvalue weighted by Crippen LogP contribution is 2.28. The zero-order valence-corrected chi connectivity index (χ0v) is 15.8. The minimum atomic E-state index is -0.475. The molecule has 1 N–H and O–H groups in total. The first kappa shape index (κ1) is 17.1. The van der Waals surface area contributed by atoms with Crippen molar-refractivity contribution in [3.05, 3.63) is 54.5 Å². The molecule has 0 atom stereocenters. The molecule has 0 saturated carbocycles. The van der Waals surface area contributed by atoms with E-state index in [-0.39, 0.29) is 5.78 Å². The highest BCUT2D eigenvalue weighted by molar-refractivity contribution is 6.08. The summed E-state index contributed by atoms with van der Waals surface area (Å²) in [5.74, 6) is 0.0479. The summed E-state index contributed by atoms with van der Waals surface area (Å²) in [6.45, 7) is 5.72. The van der Waals surface area contributed by atoms with Gasteiger partial charge >= 0.3 is 0 Å². The molecule has 0 saturated heterocycles. The molecule has 3 aromatic heterocycles. The van der Waals surface area contributed by atoms with Gasteiger partial charge in [-0.2, -0.15) is 5.10 Å². The van der Waals surface area contributed by atoms with Crippen LogP contribution >= 0.6 is 0 Å². The Morgan fingerprint density at radius 2 is 1.78 bits per heavy atom. The Hall–Kier alpha value is -3.28. The maximum atomic E-state index is 12.7. The number of aromatic nitrogens is 5. The van der Waals surface area contributed by atoms with E-state index in [2.05, 4.69) is 15.1 Å². The van der Waals surface area contributed by atoms with Crippen LogP contribution in [0.15, 0.2) is 48.9 Å². The number of benzene rings is 1. The number of rotatable bonds is 3. The standard InChI is InChI=1S/C21H21N5O/c1-21(2,3)19(27)15-11-22-20-18(15)25-16(12-23-20)13-5-7-14(8-6-13)17-9-10-24-26(17)4/h5-12H,1-4H3,(H,22,23). The fourth-order valence-electron chi connectivity index (χ4n) is 3.08. The number of Topliss-reactive ketones (excluding diaryl/α,β-unsaturated/α-hetero) is 1. The first-order chi connectivity index (χ1) is 12.8. The van der Waals surface area contributed by atoms with Gasteiger partial charge in [0.1, 0.15) is 5.52 Å². The van der Waals surface area contributed by atoms with Crippen molar-refractivity contribution in [2.75, 3.05) is 0 Å². The van der Waals surface area contributed by atoms with E-state index in [1.807, 2.05) is 62.8 Å².